The van der Waals surface area contributed by atoms with Gasteiger partial charge in [0.15, 0.2) is 0 Å². The minimum absolute atomic E-state index is 0.910. The molecule has 0 spiro atoms. The lowest BCUT2D eigenvalue weighted by Gasteiger charge is -2.13. The van der Waals surface area contributed by atoms with Gasteiger partial charge in [-0.15, -0.1) is 0 Å². The summed E-state index contributed by atoms with van der Waals surface area (Å²) in [6.45, 7) is 0.910. The Balaban J connectivity index is 1.41. The van der Waals surface area contributed by atoms with Crippen LogP contribution >= 0.6 is 0 Å². The van der Waals surface area contributed by atoms with Crippen LogP contribution in [0.1, 0.15) is 17.5 Å². The van der Waals surface area contributed by atoms with Crippen LogP contribution in [0.25, 0.3) is 0 Å². The predicted molar refractivity (Wildman–Crippen MR) is 109 cm³/mol. The molecule has 0 aromatic heterocycles. The van der Waals surface area contributed by atoms with Crippen molar-refractivity contribution in [1.82, 2.24) is 0 Å². The van der Waals surface area contributed by atoms with Crippen molar-refractivity contribution in [3.8, 4) is 0 Å². The second-order valence-corrected chi connectivity index (χ2v) is 6.11. The van der Waals surface area contributed by atoms with Crippen molar-refractivity contribution in [2.75, 3.05) is 17.0 Å². The Hall–Kier alpha value is -3.40. The van der Waals surface area contributed by atoms with E-state index in [0.29, 0.717) is 0 Å². The minimum atomic E-state index is 0.910. The second-order valence-electron chi connectivity index (χ2n) is 6.11. The van der Waals surface area contributed by atoms with E-state index in [2.05, 4.69) is 64.1 Å². The van der Waals surface area contributed by atoms with Crippen molar-refractivity contribution >= 4 is 23.3 Å². The quantitative estimate of drug-likeness (QED) is 0.538. The highest BCUT2D eigenvalue weighted by Crippen LogP contribution is 2.22. The van der Waals surface area contributed by atoms with Crippen LogP contribution in [-0.2, 0) is 0 Å². The van der Waals surface area contributed by atoms with Gasteiger partial charge >= 0.3 is 0 Å². The van der Waals surface area contributed by atoms with Gasteiger partial charge in [-0.1, -0.05) is 60.7 Å². The highest BCUT2D eigenvalue weighted by Gasteiger charge is 2.16. The SMILES string of the molecule is C(=N\Nc1ccccc1)/c1ccc(N2CCC(c3ccccc3)=N2)cc1. The van der Waals surface area contributed by atoms with E-state index < -0.39 is 0 Å². The fraction of sp³-hybridized carbons (Fsp3) is 0.0909. The van der Waals surface area contributed by atoms with Crippen molar-refractivity contribution in [3.05, 3.63) is 96.1 Å². The highest BCUT2D eigenvalue weighted by atomic mass is 15.5. The maximum atomic E-state index is 4.76. The van der Waals surface area contributed by atoms with Crippen molar-refractivity contribution < 1.29 is 0 Å². The van der Waals surface area contributed by atoms with Crippen LogP contribution in [0.3, 0.4) is 0 Å². The third-order valence-corrected chi connectivity index (χ3v) is 4.28. The Kier molecular flexibility index (Phi) is 4.74. The van der Waals surface area contributed by atoms with E-state index in [-0.39, 0.29) is 0 Å². The first-order valence-corrected chi connectivity index (χ1v) is 8.73. The second kappa shape index (κ2) is 7.66. The van der Waals surface area contributed by atoms with Crippen molar-refractivity contribution in [2.45, 2.75) is 6.42 Å². The van der Waals surface area contributed by atoms with E-state index in [1.165, 1.54) is 5.56 Å². The van der Waals surface area contributed by atoms with Gasteiger partial charge in [0.1, 0.15) is 0 Å². The summed E-state index contributed by atoms with van der Waals surface area (Å²) in [6.07, 6.45) is 2.79. The molecule has 0 unspecified atom stereocenters. The van der Waals surface area contributed by atoms with Crippen LogP contribution in [0, 0.1) is 0 Å². The standard InChI is InChI=1S/C22H20N4/c1-3-7-19(8-4-1)22-15-16-26(25-22)21-13-11-18(12-14-21)17-23-24-20-9-5-2-6-10-20/h1-14,17,24H,15-16H2/b23-17+. The zero-order valence-corrected chi connectivity index (χ0v) is 14.4. The first-order valence-electron chi connectivity index (χ1n) is 8.73. The topological polar surface area (TPSA) is 40.0 Å². The Labute approximate surface area is 153 Å². The van der Waals surface area contributed by atoms with Crippen molar-refractivity contribution in [3.63, 3.8) is 0 Å². The summed E-state index contributed by atoms with van der Waals surface area (Å²) in [5, 5.41) is 11.1. The van der Waals surface area contributed by atoms with Crippen LogP contribution in [-0.4, -0.2) is 18.5 Å². The van der Waals surface area contributed by atoms with Crippen molar-refractivity contribution in [1.29, 1.82) is 0 Å². The van der Waals surface area contributed by atoms with Crippen LogP contribution in [0.15, 0.2) is 95.1 Å². The monoisotopic (exact) mass is 340 g/mol. The van der Waals surface area contributed by atoms with Gasteiger partial charge in [-0.25, -0.2) is 0 Å². The Bertz CT molecular complexity index is 900. The summed E-state index contributed by atoms with van der Waals surface area (Å²) in [5.41, 5.74) is 8.48. The molecule has 3 aromatic rings. The van der Waals surface area contributed by atoms with Gasteiger partial charge in [-0.05, 0) is 35.4 Å². The molecule has 0 radical (unpaired) electrons. The third-order valence-electron chi connectivity index (χ3n) is 4.28. The zero-order chi connectivity index (χ0) is 17.6. The van der Waals surface area contributed by atoms with E-state index in [4.69, 9.17) is 5.10 Å². The molecule has 1 aliphatic rings. The third kappa shape index (κ3) is 3.81. The molecule has 0 saturated carbocycles. The molecule has 1 N–H and O–H groups in total. The molecule has 4 heteroatoms. The highest BCUT2D eigenvalue weighted by molar-refractivity contribution is 6.02. The summed E-state index contributed by atoms with van der Waals surface area (Å²) < 4.78 is 0. The fourth-order valence-corrected chi connectivity index (χ4v) is 2.90. The molecule has 4 nitrogen and oxygen atoms in total. The van der Waals surface area contributed by atoms with Crippen molar-refractivity contribution in [2.24, 2.45) is 10.2 Å². The summed E-state index contributed by atoms with van der Waals surface area (Å²) >= 11 is 0. The summed E-state index contributed by atoms with van der Waals surface area (Å²) in [6, 6.07) is 28.6. The molecule has 0 amide bonds. The number of nitrogens with zero attached hydrogens (tertiary/aromatic N) is 3. The number of nitrogens with one attached hydrogen (secondary N) is 1. The Morgan fingerprint density at radius 2 is 1.54 bits per heavy atom. The van der Waals surface area contributed by atoms with Gasteiger partial charge in [0, 0.05) is 13.0 Å². The molecule has 0 bridgehead atoms. The first kappa shape index (κ1) is 16.1. The smallest absolute Gasteiger partial charge is 0.0700 e. The number of anilines is 2. The molecule has 0 fully saturated rings. The summed E-state index contributed by atoms with van der Waals surface area (Å²) in [4.78, 5) is 0. The number of hydrogen-bond acceptors (Lipinski definition) is 4. The van der Waals surface area contributed by atoms with Gasteiger partial charge in [-0.3, -0.25) is 10.4 Å². The Morgan fingerprint density at radius 3 is 2.27 bits per heavy atom. The number of para-hydroxylation sites is 1. The summed E-state index contributed by atoms with van der Waals surface area (Å²) in [5.74, 6) is 0. The molecule has 3 aromatic carbocycles. The fourth-order valence-electron chi connectivity index (χ4n) is 2.90. The first-order chi connectivity index (χ1) is 12.9. The van der Waals surface area contributed by atoms with Crippen LogP contribution in [0.5, 0.6) is 0 Å². The molecule has 1 heterocycles. The van der Waals surface area contributed by atoms with E-state index in [9.17, 15) is 0 Å². The molecular formula is C22H20N4. The van der Waals surface area contributed by atoms with E-state index in [1.54, 1.807) is 0 Å². The van der Waals surface area contributed by atoms with Gasteiger partial charge in [0.25, 0.3) is 0 Å². The lowest BCUT2D eigenvalue weighted by molar-refractivity contribution is 0.922. The molecule has 0 atom stereocenters. The lowest BCUT2D eigenvalue weighted by Crippen LogP contribution is -2.11. The van der Waals surface area contributed by atoms with Gasteiger partial charge in [0.2, 0.25) is 0 Å². The minimum Gasteiger partial charge on any atom is -0.279 e. The maximum absolute atomic E-state index is 4.76. The number of rotatable bonds is 5. The van der Waals surface area contributed by atoms with Crippen LogP contribution < -0.4 is 10.4 Å². The zero-order valence-electron chi connectivity index (χ0n) is 14.4. The van der Waals surface area contributed by atoms with E-state index >= 15 is 0 Å². The van der Waals surface area contributed by atoms with E-state index in [0.717, 1.165) is 35.6 Å². The molecule has 0 saturated heterocycles. The average molecular weight is 340 g/mol. The predicted octanol–water partition coefficient (Wildman–Crippen LogP) is 4.75. The lowest BCUT2D eigenvalue weighted by atomic mass is 10.1. The molecular weight excluding hydrogens is 320 g/mol. The summed E-state index contributed by atoms with van der Waals surface area (Å²) in [7, 11) is 0. The van der Waals surface area contributed by atoms with Gasteiger partial charge in [-0.2, -0.15) is 10.2 Å². The number of hydrogen-bond donors (Lipinski definition) is 1. The van der Waals surface area contributed by atoms with Crippen LogP contribution in [0.2, 0.25) is 0 Å². The molecule has 0 aliphatic carbocycles. The van der Waals surface area contributed by atoms with Gasteiger partial charge < -0.3 is 0 Å². The molecule has 1 aliphatic heterocycles. The largest absolute Gasteiger partial charge is 0.279 e. The Morgan fingerprint density at radius 1 is 0.846 bits per heavy atom. The maximum Gasteiger partial charge on any atom is 0.0700 e. The number of benzene rings is 3. The van der Waals surface area contributed by atoms with E-state index in [1.807, 2.05) is 42.6 Å². The molecule has 128 valence electrons. The van der Waals surface area contributed by atoms with Gasteiger partial charge in [0.05, 0.1) is 23.3 Å². The van der Waals surface area contributed by atoms with Crippen LogP contribution in [0.4, 0.5) is 11.4 Å². The molecule has 26 heavy (non-hydrogen) atoms. The molecule has 4 rings (SSSR count). The normalized spacial score (nSPS) is 13.8. The average Bonchev–Trinajstić information content (AvgIpc) is 3.20. The number of hydrazone groups is 2.